The first-order valence-corrected chi connectivity index (χ1v) is 17.4. The molecule has 5 rings (SSSR count). The highest BCUT2D eigenvalue weighted by Gasteiger charge is 2.31. The van der Waals surface area contributed by atoms with Gasteiger partial charge in [0.2, 0.25) is 10.0 Å². The quantitative estimate of drug-likeness (QED) is 0.107. The highest BCUT2D eigenvalue weighted by molar-refractivity contribution is 7.88. The van der Waals surface area contributed by atoms with Crippen molar-refractivity contribution in [2.45, 2.75) is 31.4 Å². The fourth-order valence-electron chi connectivity index (χ4n) is 5.25. The Morgan fingerprint density at radius 2 is 1.69 bits per heavy atom. The van der Waals surface area contributed by atoms with Crippen LogP contribution in [0.15, 0.2) is 65.1 Å². The molecule has 13 heteroatoms. The average Bonchev–Trinajstić information content (AvgIpc) is 3.85. The minimum Gasteiger partial charge on any atom is -0.491 e. The molecule has 0 aliphatic heterocycles. The number of benzene rings is 3. The minimum absolute atomic E-state index is 0.0829. The molecule has 1 amide bonds. The van der Waals surface area contributed by atoms with E-state index in [4.69, 9.17) is 23.4 Å². The van der Waals surface area contributed by atoms with E-state index in [2.05, 4.69) is 10.0 Å². The number of hydrogen-bond acceptors (Lipinski definition) is 9. The van der Waals surface area contributed by atoms with Crippen LogP contribution < -0.4 is 14.8 Å². The molecule has 2 N–H and O–H groups in total. The van der Waals surface area contributed by atoms with Crippen molar-refractivity contribution < 1.29 is 45.8 Å². The summed E-state index contributed by atoms with van der Waals surface area (Å²) in [6.07, 6.45) is 1.85. The molecule has 0 atom stereocenters. The molecule has 1 fully saturated rings. The number of carbonyl (C=O) groups excluding carboxylic acids is 2. The number of carbonyl (C=O) groups is 2. The van der Waals surface area contributed by atoms with Crippen LogP contribution in [0.4, 0.5) is 4.39 Å². The molecule has 1 aliphatic rings. The topological polar surface area (TPSA) is 142 Å². The Morgan fingerprint density at radius 1 is 0.958 bits per heavy atom. The molecular weight excluding hydrogens is 643 g/mol. The fraction of sp³-hybridized carbons (Fsp3) is 0.371. The summed E-state index contributed by atoms with van der Waals surface area (Å²) in [5.74, 6) is -0.415. The Balaban J connectivity index is 1.10. The van der Waals surface area contributed by atoms with Crippen molar-refractivity contribution in [3.63, 3.8) is 0 Å². The van der Waals surface area contributed by atoms with Crippen molar-refractivity contribution in [1.29, 1.82) is 0 Å². The van der Waals surface area contributed by atoms with Gasteiger partial charge in [0.05, 0.1) is 49.9 Å². The molecular formula is C35H39FN2O9S. The van der Waals surface area contributed by atoms with Crippen molar-refractivity contribution in [3.8, 4) is 17.1 Å². The maximum atomic E-state index is 13.6. The standard InChI is InChI=1S/C35H39FN2O9S/c1-3-45-35(40)25-5-4-6-28(19-25)46-18-17-44-16-15-43-14-13-38-48(41,42)22-26-20-31-30(21-29(26)23-7-8-23)32(34(39)37-2)33(47-31)24-9-11-27(36)12-10-24/h4-6,9-12,19-21,23,38H,3,7-8,13-18,22H2,1-2H3,(H,37,39). The summed E-state index contributed by atoms with van der Waals surface area (Å²) in [5.41, 5.74) is 3.12. The van der Waals surface area contributed by atoms with Gasteiger partial charge in [0, 0.05) is 24.5 Å². The lowest BCUT2D eigenvalue weighted by atomic mass is 9.98. The summed E-state index contributed by atoms with van der Waals surface area (Å²) >= 11 is 0. The van der Waals surface area contributed by atoms with E-state index < -0.39 is 21.8 Å². The lowest BCUT2D eigenvalue weighted by Gasteiger charge is -2.12. The normalized spacial score (nSPS) is 13.1. The second-order valence-electron chi connectivity index (χ2n) is 11.2. The molecule has 11 nitrogen and oxygen atoms in total. The van der Waals surface area contributed by atoms with Crippen LogP contribution in [0, 0.1) is 5.82 Å². The lowest BCUT2D eigenvalue weighted by molar-refractivity contribution is 0.0381. The van der Waals surface area contributed by atoms with Crippen LogP contribution in [0.2, 0.25) is 0 Å². The van der Waals surface area contributed by atoms with Crippen molar-refractivity contribution in [2.75, 3.05) is 53.2 Å². The van der Waals surface area contributed by atoms with Crippen LogP contribution in [-0.4, -0.2) is 73.5 Å². The zero-order chi connectivity index (χ0) is 34.1. The van der Waals surface area contributed by atoms with E-state index in [1.54, 1.807) is 37.3 Å². The Hall–Kier alpha value is -4.30. The highest BCUT2D eigenvalue weighted by atomic mass is 32.2. The largest absolute Gasteiger partial charge is 0.491 e. The first-order valence-electron chi connectivity index (χ1n) is 15.8. The van der Waals surface area contributed by atoms with Gasteiger partial charge in [-0.25, -0.2) is 22.3 Å². The SMILES string of the molecule is CCOC(=O)c1cccc(OCCOCCOCCNS(=O)(=O)Cc2cc3oc(-c4ccc(F)cc4)c(C(=O)NC)c3cc2C2CC2)c1. The minimum atomic E-state index is -3.73. The van der Waals surface area contributed by atoms with Gasteiger partial charge >= 0.3 is 5.97 Å². The van der Waals surface area contributed by atoms with E-state index in [-0.39, 0.29) is 43.9 Å². The number of ether oxygens (including phenoxy) is 4. The van der Waals surface area contributed by atoms with E-state index in [1.807, 2.05) is 6.07 Å². The van der Waals surface area contributed by atoms with Crippen LogP contribution in [0.5, 0.6) is 5.75 Å². The van der Waals surface area contributed by atoms with Crippen LogP contribution in [0.25, 0.3) is 22.3 Å². The summed E-state index contributed by atoms with van der Waals surface area (Å²) in [6.45, 7) is 3.42. The summed E-state index contributed by atoms with van der Waals surface area (Å²) in [6, 6.07) is 15.9. The summed E-state index contributed by atoms with van der Waals surface area (Å²) in [7, 11) is -2.20. The van der Waals surface area contributed by atoms with Gasteiger partial charge in [0.15, 0.2) is 0 Å². The second-order valence-corrected chi connectivity index (χ2v) is 13.0. The Bertz CT molecular complexity index is 1840. The smallest absolute Gasteiger partial charge is 0.338 e. The third-order valence-corrected chi connectivity index (χ3v) is 8.99. The Labute approximate surface area is 278 Å². The molecule has 0 bridgehead atoms. The maximum Gasteiger partial charge on any atom is 0.338 e. The first-order chi connectivity index (χ1) is 23.2. The molecule has 1 aromatic heterocycles. The third-order valence-electron chi connectivity index (χ3n) is 7.66. The van der Waals surface area contributed by atoms with Crippen LogP contribution in [0.1, 0.15) is 57.5 Å². The molecule has 1 heterocycles. The van der Waals surface area contributed by atoms with Crippen molar-refractivity contribution >= 4 is 32.9 Å². The number of esters is 1. The van der Waals surface area contributed by atoms with Gasteiger partial charge in [-0.2, -0.15) is 0 Å². The predicted molar refractivity (Wildman–Crippen MR) is 177 cm³/mol. The number of furan rings is 1. The number of fused-ring (bicyclic) bond motifs is 1. The summed E-state index contributed by atoms with van der Waals surface area (Å²) in [5, 5.41) is 3.22. The predicted octanol–water partition coefficient (Wildman–Crippen LogP) is 5.18. The van der Waals surface area contributed by atoms with E-state index >= 15 is 0 Å². The molecule has 256 valence electrons. The average molecular weight is 683 g/mol. The lowest BCUT2D eigenvalue weighted by Crippen LogP contribution is -2.29. The molecule has 0 spiro atoms. The van der Waals surface area contributed by atoms with Crippen LogP contribution in [0.3, 0.4) is 0 Å². The van der Waals surface area contributed by atoms with Crippen molar-refractivity contribution in [2.24, 2.45) is 0 Å². The Kier molecular flexibility index (Phi) is 11.8. The van der Waals surface area contributed by atoms with Crippen LogP contribution in [-0.2, 0) is 30.0 Å². The summed E-state index contributed by atoms with van der Waals surface area (Å²) in [4.78, 5) is 24.8. The summed E-state index contributed by atoms with van der Waals surface area (Å²) < 4.78 is 70.1. The van der Waals surface area contributed by atoms with Gasteiger partial charge < -0.3 is 28.7 Å². The number of amides is 1. The van der Waals surface area contributed by atoms with Gasteiger partial charge in [0.25, 0.3) is 5.91 Å². The van der Waals surface area contributed by atoms with Gasteiger partial charge in [-0.05, 0) is 91.4 Å². The molecule has 4 aromatic rings. The molecule has 0 unspecified atom stereocenters. The maximum absolute atomic E-state index is 13.6. The zero-order valence-electron chi connectivity index (χ0n) is 26.9. The molecule has 48 heavy (non-hydrogen) atoms. The van der Waals surface area contributed by atoms with Crippen LogP contribution >= 0.6 is 0 Å². The fourth-order valence-corrected chi connectivity index (χ4v) is 6.40. The van der Waals surface area contributed by atoms with Gasteiger partial charge in [-0.3, -0.25) is 4.79 Å². The van der Waals surface area contributed by atoms with E-state index in [9.17, 15) is 22.4 Å². The number of hydrogen-bond donors (Lipinski definition) is 2. The number of rotatable bonds is 18. The molecule has 0 saturated heterocycles. The van der Waals surface area contributed by atoms with E-state index in [1.165, 1.54) is 31.3 Å². The van der Waals surface area contributed by atoms with E-state index in [0.29, 0.717) is 64.6 Å². The van der Waals surface area contributed by atoms with E-state index in [0.717, 1.165) is 18.4 Å². The van der Waals surface area contributed by atoms with Crippen molar-refractivity contribution in [3.05, 3.63) is 88.7 Å². The molecule has 0 radical (unpaired) electrons. The number of nitrogens with one attached hydrogen (secondary N) is 2. The highest BCUT2D eigenvalue weighted by Crippen LogP contribution is 2.45. The zero-order valence-corrected chi connectivity index (χ0v) is 27.7. The monoisotopic (exact) mass is 682 g/mol. The van der Waals surface area contributed by atoms with Gasteiger partial charge in [-0.1, -0.05) is 6.07 Å². The number of halogens is 1. The first kappa shape index (κ1) is 35.0. The Morgan fingerprint density at radius 3 is 2.40 bits per heavy atom. The third kappa shape index (κ3) is 9.19. The molecule has 1 aliphatic carbocycles. The van der Waals surface area contributed by atoms with Gasteiger partial charge in [-0.15, -0.1) is 0 Å². The molecule has 1 saturated carbocycles. The van der Waals surface area contributed by atoms with Gasteiger partial charge in [0.1, 0.15) is 29.5 Å². The second kappa shape index (κ2) is 16.2. The van der Waals surface area contributed by atoms with Crippen molar-refractivity contribution in [1.82, 2.24) is 10.0 Å². The molecule has 3 aromatic carbocycles. The number of sulfonamides is 1.